The highest BCUT2D eigenvalue weighted by Crippen LogP contribution is 2.28. The van der Waals surface area contributed by atoms with Crippen LogP contribution in [0.1, 0.15) is 11.1 Å². The fraction of sp³-hybridized carbons (Fsp3) is 0.273. The van der Waals surface area contributed by atoms with Gasteiger partial charge in [0.15, 0.2) is 0 Å². The minimum atomic E-state index is 0.549. The Labute approximate surface area is 92.9 Å². The molecule has 0 aliphatic heterocycles. The van der Waals surface area contributed by atoms with Crippen LogP contribution in [-0.2, 0) is 0 Å². The molecule has 0 aliphatic rings. The molecule has 0 saturated carbocycles. The van der Waals surface area contributed by atoms with E-state index in [2.05, 4.69) is 15.9 Å². The number of hydrogen-bond acceptors (Lipinski definition) is 2. The normalized spacial score (nSPS) is 10.9. The summed E-state index contributed by atoms with van der Waals surface area (Å²) in [6.07, 6.45) is 3.89. The summed E-state index contributed by atoms with van der Waals surface area (Å²) in [5.41, 5.74) is 7.58. The summed E-state index contributed by atoms with van der Waals surface area (Å²) in [5, 5.41) is 0. The van der Waals surface area contributed by atoms with E-state index in [-0.39, 0.29) is 0 Å². The van der Waals surface area contributed by atoms with Gasteiger partial charge in [-0.3, -0.25) is 0 Å². The maximum Gasteiger partial charge on any atom is 0.123 e. The van der Waals surface area contributed by atoms with Crippen molar-refractivity contribution in [1.82, 2.24) is 0 Å². The van der Waals surface area contributed by atoms with Crippen molar-refractivity contribution in [2.75, 3.05) is 13.7 Å². The van der Waals surface area contributed by atoms with Crippen LogP contribution in [0, 0.1) is 6.92 Å². The second-order valence-corrected chi connectivity index (χ2v) is 3.82. The van der Waals surface area contributed by atoms with E-state index in [9.17, 15) is 0 Å². The van der Waals surface area contributed by atoms with Crippen molar-refractivity contribution in [3.05, 3.63) is 33.8 Å². The van der Waals surface area contributed by atoms with Crippen LogP contribution in [0.2, 0.25) is 0 Å². The molecule has 0 spiro atoms. The van der Waals surface area contributed by atoms with Crippen LogP contribution in [-0.4, -0.2) is 13.7 Å². The van der Waals surface area contributed by atoms with Crippen LogP contribution in [0.5, 0.6) is 5.75 Å². The topological polar surface area (TPSA) is 35.2 Å². The van der Waals surface area contributed by atoms with E-state index < -0.39 is 0 Å². The molecule has 0 unspecified atom stereocenters. The molecule has 0 atom stereocenters. The van der Waals surface area contributed by atoms with Gasteiger partial charge in [0.25, 0.3) is 0 Å². The van der Waals surface area contributed by atoms with Crippen molar-refractivity contribution >= 4 is 22.0 Å². The first kappa shape index (κ1) is 11.3. The molecule has 1 rings (SSSR count). The lowest BCUT2D eigenvalue weighted by Crippen LogP contribution is -1.93. The maximum atomic E-state index is 5.39. The van der Waals surface area contributed by atoms with Gasteiger partial charge in [0.05, 0.1) is 7.11 Å². The number of methoxy groups -OCH3 is 1. The summed E-state index contributed by atoms with van der Waals surface area (Å²) < 4.78 is 6.30. The Morgan fingerprint density at radius 1 is 1.50 bits per heavy atom. The van der Waals surface area contributed by atoms with E-state index in [1.165, 1.54) is 0 Å². The van der Waals surface area contributed by atoms with Crippen LogP contribution >= 0.6 is 15.9 Å². The van der Waals surface area contributed by atoms with E-state index in [4.69, 9.17) is 10.5 Å². The molecule has 1 aromatic rings. The number of rotatable bonds is 3. The van der Waals surface area contributed by atoms with Crippen LogP contribution in [0.15, 0.2) is 22.7 Å². The predicted octanol–water partition coefficient (Wildman–Crippen LogP) is 2.74. The first-order chi connectivity index (χ1) is 6.69. The third-order valence-electron chi connectivity index (χ3n) is 1.99. The number of halogens is 1. The summed E-state index contributed by atoms with van der Waals surface area (Å²) in [6, 6.07) is 4.04. The monoisotopic (exact) mass is 255 g/mol. The third-order valence-corrected chi connectivity index (χ3v) is 2.81. The van der Waals surface area contributed by atoms with Crippen molar-refractivity contribution < 1.29 is 4.74 Å². The zero-order valence-electron chi connectivity index (χ0n) is 8.38. The molecule has 76 valence electrons. The molecule has 14 heavy (non-hydrogen) atoms. The number of nitrogens with two attached hydrogens (primary N) is 1. The van der Waals surface area contributed by atoms with Gasteiger partial charge in [-0.25, -0.2) is 0 Å². The Balaban J connectivity index is 3.09. The Bertz CT molecular complexity index is 347. The molecule has 3 heteroatoms. The Morgan fingerprint density at radius 3 is 2.79 bits per heavy atom. The van der Waals surface area contributed by atoms with E-state index in [0.717, 1.165) is 21.3 Å². The standard InChI is InChI=1S/C11H14BrNO/c1-8-10(12)6-9(4-3-5-13)7-11(8)14-2/h3-4,6-7H,5,13H2,1-2H3/b4-3+. The summed E-state index contributed by atoms with van der Waals surface area (Å²) >= 11 is 3.48. The third kappa shape index (κ3) is 2.59. The Hall–Kier alpha value is -0.800. The molecule has 0 aliphatic carbocycles. The van der Waals surface area contributed by atoms with Crippen LogP contribution < -0.4 is 10.5 Å². The maximum absolute atomic E-state index is 5.39. The lowest BCUT2D eigenvalue weighted by atomic mass is 10.1. The molecule has 0 saturated heterocycles. The molecular formula is C11H14BrNO. The first-order valence-corrected chi connectivity index (χ1v) is 5.19. The molecule has 0 amide bonds. The molecule has 1 aromatic carbocycles. The quantitative estimate of drug-likeness (QED) is 0.902. The minimum absolute atomic E-state index is 0.549. The van der Waals surface area contributed by atoms with Crippen LogP contribution in [0.4, 0.5) is 0 Å². The molecule has 0 aromatic heterocycles. The molecule has 2 nitrogen and oxygen atoms in total. The minimum Gasteiger partial charge on any atom is -0.496 e. The largest absolute Gasteiger partial charge is 0.496 e. The van der Waals surface area contributed by atoms with Crippen molar-refractivity contribution in [3.8, 4) is 5.75 Å². The molecule has 0 heterocycles. The zero-order chi connectivity index (χ0) is 10.6. The second-order valence-electron chi connectivity index (χ2n) is 2.97. The van der Waals surface area contributed by atoms with Gasteiger partial charge in [-0.2, -0.15) is 0 Å². The smallest absolute Gasteiger partial charge is 0.123 e. The average molecular weight is 256 g/mol. The average Bonchev–Trinajstić information content (AvgIpc) is 2.19. The number of ether oxygens (including phenoxy) is 1. The summed E-state index contributed by atoms with van der Waals surface area (Å²) in [6.45, 7) is 2.56. The Morgan fingerprint density at radius 2 is 2.21 bits per heavy atom. The number of hydrogen-bond donors (Lipinski definition) is 1. The van der Waals surface area contributed by atoms with E-state index >= 15 is 0 Å². The summed E-state index contributed by atoms with van der Waals surface area (Å²) in [7, 11) is 1.67. The van der Waals surface area contributed by atoms with Crippen molar-refractivity contribution in [1.29, 1.82) is 0 Å². The van der Waals surface area contributed by atoms with Gasteiger partial charge < -0.3 is 10.5 Å². The van der Waals surface area contributed by atoms with Gasteiger partial charge in [-0.15, -0.1) is 0 Å². The van der Waals surface area contributed by atoms with Gasteiger partial charge >= 0.3 is 0 Å². The highest BCUT2D eigenvalue weighted by Gasteiger charge is 2.03. The SMILES string of the molecule is COc1cc(/C=C/CN)cc(Br)c1C. The summed E-state index contributed by atoms with van der Waals surface area (Å²) in [4.78, 5) is 0. The molecule has 0 fully saturated rings. The Kier molecular flexibility index (Phi) is 4.17. The fourth-order valence-corrected chi connectivity index (χ4v) is 1.65. The fourth-order valence-electron chi connectivity index (χ4n) is 1.19. The summed E-state index contributed by atoms with van der Waals surface area (Å²) in [5.74, 6) is 0.885. The van der Waals surface area contributed by atoms with Gasteiger partial charge in [0, 0.05) is 16.6 Å². The zero-order valence-corrected chi connectivity index (χ0v) is 9.97. The molecule has 0 bridgehead atoms. The lowest BCUT2D eigenvalue weighted by molar-refractivity contribution is 0.411. The van der Waals surface area contributed by atoms with Crippen molar-refractivity contribution in [2.24, 2.45) is 5.73 Å². The van der Waals surface area contributed by atoms with Gasteiger partial charge in [-0.05, 0) is 24.6 Å². The molecule has 0 radical (unpaired) electrons. The van der Waals surface area contributed by atoms with Crippen LogP contribution in [0.3, 0.4) is 0 Å². The van der Waals surface area contributed by atoms with E-state index in [0.29, 0.717) is 6.54 Å². The van der Waals surface area contributed by atoms with Crippen molar-refractivity contribution in [3.63, 3.8) is 0 Å². The molecule has 2 N–H and O–H groups in total. The van der Waals surface area contributed by atoms with Gasteiger partial charge in [-0.1, -0.05) is 28.1 Å². The lowest BCUT2D eigenvalue weighted by Gasteiger charge is -2.07. The predicted molar refractivity (Wildman–Crippen MR) is 63.5 cm³/mol. The van der Waals surface area contributed by atoms with Gasteiger partial charge in [0.2, 0.25) is 0 Å². The van der Waals surface area contributed by atoms with Crippen molar-refractivity contribution in [2.45, 2.75) is 6.92 Å². The first-order valence-electron chi connectivity index (χ1n) is 4.39. The van der Waals surface area contributed by atoms with E-state index in [1.54, 1.807) is 7.11 Å². The number of benzene rings is 1. The van der Waals surface area contributed by atoms with E-state index in [1.807, 2.05) is 31.2 Å². The van der Waals surface area contributed by atoms with Gasteiger partial charge in [0.1, 0.15) is 5.75 Å². The van der Waals surface area contributed by atoms with Crippen LogP contribution in [0.25, 0.3) is 6.08 Å². The highest BCUT2D eigenvalue weighted by atomic mass is 79.9. The second kappa shape index (κ2) is 5.17. The highest BCUT2D eigenvalue weighted by molar-refractivity contribution is 9.10. The molecular weight excluding hydrogens is 242 g/mol.